The van der Waals surface area contributed by atoms with Crippen molar-refractivity contribution >= 4 is 5.97 Å². The standard InChI is InChI=1S/C22H23FO4/c23-21-10-9-18(27-17-3-1-2-4-17)12-19(21)14-5-7-16(8-6-14)26-13-15-11-20(15)22(24)25/h5-10,12,15,17,20H,1-4,11,13H2,(H,24,25). The largest absolute Gasteiger partial charge is 0.493 e. The van der Waals surface area contributed by atoms with Gasteiger partial charge in [0, 0.05) is 11.5 Å². The second-order valence-corrected chi connectivity index (χ2v) is 7.44. The minimum atomic E-state index is -0.755. The third kappa shape index (κ3) is 4.24. The van der Waals surface area contributed by atoms with E-state index in [-0.39, 0.29) is 23.8 Å². The molecule has 2 unspecified atom stereocenters. The Hall–Kier alpha value is -2.56. The van der Waals surface area contributed by atoms with Gasteiger partial charge < -0.3 is 14.6 Å². The lowest BCUT2D eigenvalue weighted by atomic mass is 10.0. The van der Waals surface area contributed by atoms with E-state index in [1.54, 1.807) is 24.3 Å². The molecule has 5 heteroatoms. The number of rotatable bonds is 7. The topological polar surface area (TPSA) is 55.8 Å². The number of hydrogen-bond donors (Lipinski definition) is 1. The molecule has 1 N–H and O–H groups in total. The first-order valence-electron chi connectivity index (χ1n) is 9.52. The molecule has 27 heavy (non-hydrogen) atoms. The minimum absolute atomic E-state index is 0.0871. The average Bonchev–Trinajstić information content (AvgIpc) is 3.29. The molecule has 0 aliphatic heterocycles. The van der Waals surface area contributed by atoms with E-state index < -0.39 is 5.97 Å². The summed E-state index contributed by atoms with van der Waals surface area (Å²) < 4.78 is 25.9. The van der Waals surface area contributed by atoms with Crippen LogP contribution in [0.4, 0.5) is 4.39 Å². The summed E-state index contributed by atoms with van der Waals surface area (Å²) in [7, 11) is 0. The van der Waals surface area contributed by atoms with Crippen LogP contribution >= 0.6 is 0 Å². The fraction of sp³-hybridized carbons (Fsp3) is 0.409. The molecule has 0 saturated heterocycles. The van der Waals surface area contributed by atoms with Crippen LogP contribution in [0.3, 0.4) is 0 Å². The Morgan fingerprint density at radius 2 is 1.78 bits per heavy atom. The molecule has 142 valence electrons. The number of benzene rings is 2. The van der Waals surface area contributed by atoms with Crippen molar-refractivity contribution in [2.45, 2.75) is 38.2 Å². The zero-order valence-corrected chi connectivity index (χ0v) is 15.1. The quantitative estimate of drug-likeness (QED) is 0.752. The molecule has 0 amide bonds. The van der Waals surface area contributed by atoms with Crippen molar-refractivity contribution in [1.29, 1.82) is 0 Å². The Morgan fingerprint density at radius 3 is 2.44 bits per heavy atom. The summed E-state index contributed by atoms with van der Waals surface area (Å²) in [5, 5.41) is 8.92. The van der Waals surface area contributed by atoms with Crippen LogP contribution in [0, 0.1) is 17.7 Å². The molecule has 2 aliphatic rings. The molecule has 4 rings (SSSR count). The van der Waals surface area contributed by atoms with E-state index in [0.717, 1.165) is 18.4 Å². The highest BCUT2D eigenvalue weighted by molar-refractivity contribution is 5.73. The SMILES string of the molecule is O=C(O)C1CC1COc1ccc(-c2cc(OC3CCCC3)ccc2F)cc1. The van der Waals surface area contributed by atoms with E-state index in [9.17, 15) is 9.18 Å². The van der Waals surface area contributed by atoms with Crippen LogP contribution < -0.4 is 9.47 Å². The van der Waals surface area contributed by atoms with Crippen molar-refractivity contribution in [2.24, 2.45) is 11.8 Å². The van der Waals surface area contributed by atoms with Crippen LogP contribution in [0.25, 0.3) is 11.1 Å². The van der Waals surface area contributed by atoms with Crippen LogP contribution in [-0.4, -0.2) is 23.8 Å². The van der Waals surface area contributed by atoms with Crippen LogP contribution in [0.2, 0.25) is 0 Å². The van der Waals surface area contributed by atoms with E-state index in [0.29, 0.717) is 30.1 Å². The van der Waals surface area contributed by atoms with E-state index in [2.05, 4.69) is 0 Å². The highest BCUT2D eigenvalue weighted by Crippen LogP contribution is 2.39. The average molecular weight is 370 g/mol. The number of aliphatic carboxylic acids is 1. The molecule has 0 radical (unpaired) electrons. The molecule has 0 heterocycles. The summed E-state index contributed by atoms with van der Waals surface area (Å²) in [5.41, 5.74) is 1.26. The first-order valence-corrected chi connectivity index (χ1v) is 9.52. The maximum Gasteiger partial charge on any atom is 0.306 e. The van der Waals surface area contributed by atoms with Crippen LogP contribution in [0.5, 0.6) is 11.5 Å². The Labute approximate surface area is 157 Å². The Kier molecular flexibility index (Phi) is 5.01. The Bertz CT molecular complexity index is 812. The van der Waals surface area contributed by atoms with Gasteiger partial charge in [0.05, 0.1) is 18.6 Å². The number of ether oxygens (including phenoxy) is 2. The maximum absolute atomic E-state index is 14.3. The van der Waals surface area contributed by atoms with Gasteiger partial charge in [0.25, 0.3) is 0 Å². The summed E-state index contributed by atoms with van der Waals surface area (Å²) >= 11 is 0. The van der Waals surface area contributed by atoms with Crippen molar-refractivity contribution in [3.63, 3.8) is 0 Å². The predicted octanol–water partition coefficient (Wildman–Crippen LogP) is 4.91. The highest BCUT2D eigenvalue weighted by Gasteiger charge is 2.43. The number of halogens is 1. The van der Waals surface area contributed by atoms with E-state index >= 15 is 0 Å². The van der Waals surface area contributed by atoms with Crippen molar-refractivity contribution in [3.05, 3.63) is 48.3 Å². The van der Waals surface area contributed by atoms with Crippen molar-refractivity contribution in [3.8, 4) is 22.6 Å². The van der Waals surface area contributed by atoms with Gasteiger partial charge >= 0.3 is 5.97 Å². The molecular weight excluding hydrogens is 347 g/mol. The lowest BCUT2D eigenvalue weighted by Gasteiger charge is -2.14. The van der Waals surface area contributed by atoms with E-state index in [1.165, 1.54) is 18.9 Å². The van der Waals surface area contributed by atoms with Gasteiger partial charge in [-0.25, -0.2) is 4.39 Å². The monoisotopic (exact) mass is 370 g/mol. The fourth-order valence-corrected chi connectivity index (χ4v) is 3.67. The Morgan fingerprint density at radius 1 is 1.07 bits per heavy atom. The van der Waals surface area contributed by atoms with Crippen molar-refractivity contribution in [1.82, 2.24) is 0 Å². The van der Waals surface area contributed by atoms with Gasteiger partial charge in [0.2, 0.25) is 0 Å². The number of carboxylic acid groups (broad SMARTS) is 1. The second kappa shape index (κ2) is 7.59. The zero-order chi connectivity index (χ0) is 18.8. The maximum atomic E-state index is 14.3. The molecule has 2 aromatic carbocycles. The van der Waals surface area contributed by atoms with Crippen molar-refractivity contribution in [2.75, 3.05) is 6.61 Å². The van der Waals surface area contributed by atoms with Gasteiger partial charge in [-0.05, 0) is 68.0 Å². The van der Waals surface area contributed by atoms with E-state index in [1.807, 2.05) is 12.1 Å². The van der Waals surface area contributed by atoms with Gasteiger partial charge in [-0.1, -0.05) is 12.1 Å². The number of carboxylic acids is 1. The van der Waals surface area contributed by atoms with Gasteiger partial charge in [-0.15, -0.1) is 0 Å². The van der Waals surface area contributed by atoms with Crippen LogP contribution in [0.15, 0.2) is 42.5 Å². The summed E-state index contributed by atoms with van der Waals surface area (Å²) in [4.78, 5) is 10.9. The summed E-state index contributed by atoms with van der Waals surface area (Å²) in [6.45, 7) is 0.398. The Balaban J connectivity index is 1.41. The molecule has 4 nitrogen and oxygen atoms in total. The predicted molar refractivity (Wildman–Crippen MR) is 99.4 cm³/mol. The van der Waals surface area contributed by atoms with Crippen LogP contribution in [-0.2, 0) is 4.79 Å². The summed E-state index contributed by atoms with van der Waals surface area (Å²) in [5.74, 6) is 0.129. The molecule has 0 bridgehead atoms. The third-order valence-electron chi connectivity index (χ3n) is 5.41. The van der Waals surface area contributed by atoms with Crippen molar-refractivity contribution < 1.29 is 23.8 Å². The summed E-state index contributed by atoms with van der Waals surface area (Å²) in [6, 6.07) is 12.1. The summed E-state index contributed by atoms with van der Waals surface area (Å²) in [6.07, 6.45) is 5.40. The zero-order valence-electron chi connectivity index (χ0n) is 15.1. The lowest BCUT2D eigenvalue weighted by Crippen LogP contribution is -2.10. The number of hydrogen-bond acceptors (Lipinski definition) is 3. The van der Waals surface area contributed by atoms with Gasteiger partial charge in [-0.2, -0.15) is 0 Å². The highest BCUT2D eigenvalue weighted by atomic mass is 19.1. The normalized spacial score (nSPS) is 21.8. The van der Waals surface area contributed by atoms with Gasteiger partial charge in [-0.3, -0.25) is 4.79 Å². The first kappa shape index (κ1) is 17.8. The second-order valence-electron chi connectivity index (χ2n) is 7.44. The lowest BCUT2D eigenvalue weighted by molar-refractivity contribution is -0.138. The molecule has 2 aliphatic carbocycles. The molecule has 2 atom stereocenters. The van der Waals surface area contributed by atoms with Gasteiger partial charge in [0.15, 0.2) is 0 Å². The molecule has 2 saturated carbocycles. The van der Waals surface area contributed by atoms with Crippen LogP contribution in [0.1, 0.15) is 32.1 Å². The third-order valence-corrected chi connectivity index (χ3v) is 5.41. The fourth-order valence-electron chi connectivity index (χ4n) is 3.67. The molecular formula is C22H23FO4. The molecule has 0 spiro atoms. The number of carbonyl (C=O) groups is 1. The molecule has 0 aromatic heterocycles. The van der Waals surface area contributed by atoms with E-state index in [4.69, 9.17) is 14.6 Å². The first-order chi connectivity index (χ1) is 13.1. The minimum Gasteiger partial charge on any atom is -0.493 e. The molecule has 2 fully saturated rings. The van der Waals surface area contributed by atoms with Gasteiger partial charge in [0.1, 0.15) is 17.3 Å². The molecule has 2 aromatic rings. The smallest absolute Gasteiger partial charge is 0.306 e.